The molecule has 4 nitrogen and oxygen atoms in total. The van der Waals surface area contributed by atoms with Gasteiger partial charge in [0.05, 0.1) is 11.9 Å². The van der Waals surface area contributed by atoms with Crippen LogP contribution in [0.4, 0.5) is 18.9 Å². The van der Waals surface area contributed by atoms with Crippen molar-refractivity contribution in [3.8, 4) is 0 Å². The quantitative estimate of drug-likeness (QED) is 0.842. The van der Waals surface area contributed by atoms with Gasteiger partial charge in [0.1, 0.15) is 5.69 Å². The van der Waals surface area contributed by atoms with Crippen molar-refractivity contribution in [2.24, 2.45) is 0 Å². The van der Waals surface area contributed by atoms with E-state index in [9.17, 15) is 18.0 Å². The molecule has 1 aliphatic rings. The molecule has 1 fully saturated rings. The minimum Gasteiger partial charge on any atom is -0.370 e. The lowest BCUT2D eigenvalue weighted by Gasteiger charge is -2.37. The van der Waals surface area contributed by atoms with Gasteiger partial charge in [-0.15, -0.1) is 0 Å². The number of nitrogens with zero attached hydrogens (tertiary/aromatic N) is 3. The van der Waals surface area contributed by atoms with Crippen LogP contribution < -0.4 is 4.90 Å². The van der Waals surface area contributed by atoms with Gasteiger partial charge in [0.15, 0.2) is 0 Å². The largest absolute Gasteiger partial charge is 0.433 e. The van der Waals surface area contributed by atoms with E-state index in [1.807, 2.05) is 4.90 Å². The first-order valence-electron chi connectivity index (χ1n) is 6.80. The maximum absolute atomic E-state index is 12.5. The van der Waals surface area contributed by atoms with Crippen molar-refractivity contribution >= 4 is 11.6 Å². The van der Waals surface area contributed by atoms with Gasteiger partial charge in [-0.25, -0.2) is 4.98 Å². The van der Waals surface area contributed by atoms with E-state index < -0.39 is 11.9 Å². The molecule has 1 aliphatic heterocycles. The molecule has 7 heteroatoms. The summed E-state index contributed by atoms with van der Waals surface area (Å²) in [6.07, 6.45) is -1.54. The molecule has 0 saturated carbocycles. The van der Waals surface area contributed by atoms with Gasteiger partial charge in [-0.2, -0.15) is 13.2 Å². The summed E-state index contributed by atoms with van der Waals surface area (Å²) in [6, 6.07) is 2.65. The predicted molar refractivity (Wildman–Crippen MR) is 72.9 cm³/mol. The summed E-state index contributed by atoms with van der Waals surface area (Å²) in [6.45, 7) is 2.94. The Labute approximate surface area is 121 Å². The van der Waals surface area contributed by atoms with Crippen LogP contribution in [0.15, 0.2) is 18.3 Å². The molecule has 1 saturated heterocycles. The fraction of sp³-hybridized carbons (Fsp3) is 0.571. The Morgan fingerprint density at radius 1 is 1.33 bits per heavy atom. The van der Waals surface area contributed by atoms with Crippen molar-refractivity contribution in [3.63, 3.8) is 0 Å². The van der Waals surface area contributed by atoms with Crippen LogP contribution >= 0.6 is 0 Å². The number of alkyl halides is 3. The van der Waals surface area contributed by atoms with Gasteiger partial charge in [0.2, 0.25) is 5.91 Å². The van der Waals surface area contributed by atoms with E-state index in [0.29, 0.717) is 18.8 Å². The average Bonchev–Trinajstić information content (AvgIpc) is 2.46. The highest BCUT2D eigenvalue weighted by molar-refractivity contribution is 5.73. The Kier molecular flexibility index (Phi) is 4.39. The Morgan fingerprint density at radius 2 is 1.95 bits per heavy atom. The fourth-order valence-corrected chi connectivity index (χ4v) is 2.51. The molecular weight excluding hydrogens is 283 g/mol. The number of amides is 1. The van der Waals surface area contributed by atoms with E-state index in [-0.39, 0.29) is 11.9 Å². The molecule has 21 heavy (non-hydrogen) atoms. The number of halogens is 3. The number of carbonyl (C=O) groups is 1. The topological polar surface area (TPSA) is 36.4 Å². The molecule has 0 aliphatic carbocycles. The Bertz CT molecular complexity index is 493. The minimum atomic E-state index is -4.41. The lowest BCUT2D eigenvalue weighted by Crippen LogP contribution is -2.45. The SMILES string of the molecule is CC(=O)N(C)C1CCN(c2ccc(C(F)(F)F)nc2)CC1. The third kappa shape index (κ3) is 3.65. The standard InChI is InChI=1S/C14H18F3N3O/c1-10(21)19(2)11-5-7-20(8-6-11)12-3-4-13(18-9-12)14(15,16)17/h3-4,9,11H,5-8H2,1-2H3. The highest BCUT2D eigenvalue weighted by atomic mass is 19.4. The van der Waals surface area contributed by atoms with Crippen LogP contribution in [-0.2, 0) is 11.0 Å². The van der Waals surface area contributed by atoms with Crippen molar-refractivity contribution in [3.05, 3.63) is 24.0 Å². The molecule has 0 radical (unpaired) electrons. The zero-order chi connectivity index (χ0) is 15.6. The zero-order valence-electron chi connectivity index (χ0n) is 12.0. The number of carbonyl (C=O) groups excluding carboxylic acids is 1. The number of hydrogen-bond acceptors (Lipinski definition) is 3. The van der Waals surface area contributed by atoms with Gasteiger partial charge < -0.3 is 9.80 Å². The smallest absolute Gasteiger partial charge is 0.370 e. The number of rotatable bonds is 2. The average molecular weight is 301 g/mol. The molecule has 0 N–H and O–H groups in total. The Hall–Kier alpha value is -1.79. The van der Waals surface area contributed by atoms with Crippen molar-refractivity contribution in [1.29, 1.82) is 0 Å². The molecule has 0 spiro atoms. The summed E-state index contributed by atoms with van der Waals surface area (Å²) in [4.78, 5) is 18.5. The molecule has 1 aromatic heterocycles. The molecule has 0 aromatic carbocycles. The molecule has 1 amide bonds. The Balaban J connectivity index is 1.98. The van der Waals surface area contributed by atoms with Crippen LogP contribution in [0, 0.1) is 0 Å². The highest BCUT2D eigenvalue weighted by Crippen LogP contribution is 2.29. The lowest BCUT2D eigenvalue weighted by atomic mass is 10.0. The second kappa shape index (κ2) is 5.91. The van der Waals surface area contributed by atoms with E-state index in [1.165, 1.54) is 19.2 Å². The van der Waals surface area contributed by atoms with Gasteiger partial charge >= 0.3 is 6.18 Å². The maximum atomic E-state index is 12.5. The number of pyridine rings is 1. The monoisotopic (exact) mass is 301 g/mol. The molecule has 1 aromatic rings. The molecule has 2 heterocycles. The summed E-state index contributed by atoms with van der Waals surface area (Å²) in [7, 11) is 1.78. The van der Waals surface area contributed by atoms with Crippen LogP contribution in [0.3, 0.4) is 0 Å². The van der Waals surface area contributed by atoms with Crippen LogP contribution in [0.25, 0.3) is 0 Å². The number of hydrogen-bond donors (Lipinski definition) is 0. The number of aromatic nitrogens is 1. The number of piperidine rings is 1. The van der Waals surface area contributed by atoms with E-state index >= 15 is 0 Å². The highest BCUT2D eigenvalue weighted by Gasteiger charge is 2.32. The van der Waals surface area contributed by atoms with Crippen molar-refractivity contribution in [2.75, 3.05) is 25.0 Å². The van der Waals surface area contributed by atoms with E-state index in [1.54, 1.807) is 11.9 Å². The third-order valence-corrected chi connectivity index (χ3v) is 3.91. The van der Waals surface area contributed by atoms with E-state index in [0.717, 1.165) is 18.9 Å². The molecule has 0 unspecified atom stereocenters. The first kappa shape index (κ1) is 15.6. The van der Waals surface area contributed by atoms with Gasteiger partial charge in [0.25, 0.3) is 0 Å². The summed E-state index contributed by atoms with van der Waals surface area (Å²) in [5.41, 5.74) is -0.190. The van der Waals surface area contributed by atoms with Crippen molar-refractivity contribution in [2.45, 2.75) is 32.0 Å². The van der Waals surface area contributed by atoms with Crippen molar-refractivity contribution in [1.82, 2.24) is 9.88 Å². The zero-order valence-corrected chi connectivity index (χ0v) is 12.0. The molecule has 0 atom stereocenters. The van der Waals surface area contributed by atoms with Crippen LogP contribution in [0.1, 0.15) is 25.5 Å². The minimum absolute atomic E-state index is 0.0321. The fourth-order valence-electron chi connectivity index (χ4n) is 2.51. The van der Waals surface area contributed by atoms with Crippen LogP contribution in [0.2, 0.25) is 0 Å². The van der Waals surface area contributed by atoms with Gasteiger partial charge in [0, 0.05) is 33.1 Å². The maximum Gasteiger partial charge on any atom is 0.433 e. The third-order valence-electron chi connectivity index (χ3n) is 3.91. The lowest BCUT2D eigenvalue weighted by molar-refractivity contribution is -0.141. The first-order valence-corrected chi connectivity index (χ1v) is 6.80. The van der Waals surface area contributed by atoms with Crippen molar-refractivity contribution < 1.29 is 18.0 Å². The summed E-state index contributed by atoms with van der Waals surface area (Å²) in [5, 5.41) is 0. The normalized spacial score (nSPS) is 16.9. The number of anilines is 1. The Morgan fingerprint density at radius 3 is 2.38 bits per heavy atom. The van der Waals surface area contributed by atoms with Gasteiger partial charge in [-0.1, -0.05) is 0 Å². The summed E-state index contributed by atoms with van der Waals surface area (Å²) >= 11 is 0. The second-order valence-corrected chi connectivity index (χ2v) is 5.25. The van der Waals surface area contributed by atoms with Crippen LogP contribution in [0.5, 0.6) is 0 Å². The molecular formula is C14H18F3N3O. The molecule has 0 bridgehead atoms. The van der Waals surface area contributed by atoms with Gasteiger partial charge in [-0.3, -0.25) is 4.79 Å². The predicted octanol–water partition coefficient (Wildman–Crippen LogP) is 2.55. The second-order valence-electron chi connectivity index (χ2n) is 5.25. The first-order chi connectivity index (χ1) is 9.79. The van der Waals surface area contributed by atoms with Gasteiger partial charge in [-0.05, 0) is 25.0 Å². The molecule has 2 rings (SSSR count). The van der Waals surface area contributed by atoms with Crippen LogP contribution in [-0.4, -0.2) is 42.0 Å². The van der Waals surface area contributed by atoms with E-state index in [4.69, 9.17) is 0 Å². The van der Waals surface area contributed by atoms with E-state index in [2.05, 4.69) is 4.98 Å². The summed E-state index contributed by atoms with van der Waals surface area (Å²) < 4.78 is 37.4. The summed E-state index contributed by atoms with van der Waals surface area (Å²) in [5.74, 6) is 0.0321. The molecule has 116 valence electrons.